The Labute approximate surface area is 178 Å². The Morgan fingerprint density at radius 3 is 1.97 bits per heavy atom. The van der Waals surface area contributed by atoms with Gasteiger partial charge in [-0.15, -0.1) is 4.40 Å². The van der Waals surface area contributed by atoms with E-state index in [0.29, 0.717) is 6.54 Å². The average Bonchev–Trinajstić information content (AvgIpc) is 2.69. The summed E-state index contributed by atoms with van der Waals surface area (Å²) in [4.78, 5) is 16.2. The van der Waals surface area contributed by atoms with Crippen LogP contribution in [0.15, 0.2) is 65.1 Å². The van der Waals surface area contributed by atoms with Crippen LogP contribution in [0.4, 0.5) is 0 Å². The van der Waals surface area contributed by atoms with Gasteiger partial charge in [0.25, 0.3) is 10.0 Å². The van der Waals surface area contributed by atoms with Crippen LogP contribution in [-0.2, 0) is 14.8 Å². The third-order valence-corrected chi connectivity index (χ3v) is 5.81. The molecule has 2 aromatic carbocycles. The topological polar surface area (TPSA) is 96.1 Å². The van der Waals surface area contributed by atoms with Gasteiger partial charge in [-0.25, -0.2) is 8.42 Å². The molecule has 2 N–H and O–H groups in total. The Morgan fingerprint density at radius 1 is 1.03 bits per heavy atom. The number of rotatable bonds is 5. The summed E-state index contributed by atoms with van der Waals surface area (Å²) >= 11 is 0. The molecule has 1 atom stereocenters. The Kier molecular flexibility index (Phi) is 6.45. The minimum absolute atomic E-state index is 0.0161. The maximum Gasteiger partial charge on any atom is 0.253 e. The number of carbonyl (C=O) groups excluding carboxylic acids is 1. The van der Waals surface area contributed by atoms with Crippen molar-refractivity contribution >= 4 is 21.9 Å². The highest BCUT2D eigenvalue weighted by Gasteiger charge is 2.40. The number of piperazine rings is 1. The number of nitrogens with zero attached hydrogens (tertiary/aromatic N) is 3. The summed E-state index contributed by atoms with van der Waals surface area (Å²) < 4.78 is 27.2. The zero-order chi connectivity index (χ0) is 21.9. The first-order valence-electron chi connectivity index (χ1n) is 9.89. The van der Waals surface area contributed by atoms with E-state index in [9.17, 15) is 13.2 Å². The molecule has 0 bridgehead atoms. The number of benzene rings is 2. The lowest BCUT2D eigenvalue weighted by Gasteiger charge is -2.46. The summed E-state index contributed by atoms with van der Waals surface area (Å²) in [5, 5.41) is 0. The SMILES string of the molecule is CC(C)N1C[C@H](C(c2ccccc2)c2ccccc2)N(C(N)=NS(C)(=O)=O)CC1=O. The van der Waals surface area contributed by atoms with E-state index < -0.39 is 10.0 Å². The Balaban J connectivity index is 2.14. The summed E-state index contributed by atoms with van der Waals surface area (Å²) in [5.41, 5.74) is 8.25. The molecule has 3 rings (SSSR count). The van der Waals surface area contributed by atoms with Crippen molar-refractivity contribution in [2.75, 3.05) is 19.3 Å². The van der Waals surface area contributed by atoms with Crippen molar-refractivity contribution in [2.24, 2.45) is 10.1 Å². The van der Waals surface area contributed by atoms with Crippen molar-refractivity contribution in [2.45, 2.75) is 31.8 Å². The predicted octanol–water partition coefficient (Wildman–Crippen LogP) is 2.01. The van der Waals surface area contributed by atoms with Crippen molar-refractivity contribution in [3.8, 4) is 0 Å². The zero-order valence-corrected chi connectivity index (χ0v) is 18.3. The van der Waals surface area contributed by atoms with Crippen molar-refractivity contribution in [1.29, 1.82) is 0 Å². The molecule has 1 amide bonds. The first-order valence-corrected chi connectivity index (χ1v) is 11.7. The van der Waals surface area contributed by atoms with E-state index in [1.54, 1.807) is 4.90 Å². The van der Waals surface area contributed by atoms with Gasteiger partial charge in [-0.1, -0.05) is 60.7 Å². The Hall–Kier alpha value is -2.87. The van der Waals surface area contributed by atoms with Gasteiger partial charge >= 0.3 is 0 Å². The molecule has 30 heavy (non-hydrogen) atoms. The molecule has 0 saturated carbocycles. The van der Waals surface area contributed by atoms with E-state index in [2.05, 4.69) is 4.40 Å². The van der Waals surface area contributed by atoms with Gasteiger partial charge < -0.3 is 15.5 Å². The smallest absolute Gasteiger partial charge is 0.253 e. The zero-order valence-electron chi connectivity index (χ0n) is 17.5. The normalized spacial score (nSPS) is 18.4. The Bertz CT molecular complexity index is 968. The summed E-state index contributed by atoms with van der Waals surface area (Å²) in [6, 6.07) is 19.7. The van der Waals surface area contributed by atoms with E-state index in [0.717, 1.165) is 17.4 Å². The fourth-order valence-electron chi connectivity index (χ4n) is 3.97. The van der Waals surface area contributed by atoms with Crippen molar-refractivity contribution in [3.05, 3.63) is 71.8 Å². The molecule has 160 valence electrons. The fraction of sp³-hybridized carbons (Fsp3) is 0.364. The van der Waals surface area contributed by atoms with Crippen molar-refractivity contribution in [3.63, 3.8) is 0 Å². The summed E-state index contributed by atoms with van der Waals surface area (Å²) in [6.45, 7) is 4.33. The number of sulfonamides is 1. The number of amides is 1. The fourth-order valence-corrected chi connectivity index (χ4v) is 4.42. The van der Waals surface area contributed by atoms with Gasteiger partial charge in [0.15, 0.2) is 0 Å². The van der Waals surface area contributed by atoms with E-state index >= 15 is 0 Å². The second kappa shape index (κ2) is 8.87. The lowest BCUT2D eigenvalue weighted by molar-refractivity contribution is -0.138. The van der Waals surface area contributed by atoms with E-state index in [-0.39, 0.29) is 36.4 Å². The van der Waals surface area contributed by atoms with Gasteiger partial charge in [0.1, 0.15) is 6.54 Å². The second-order valence-corrected chi connectivity index (χ2v) is 9.47. The van der Waals surface area contributed by atoms with Gasteiger partial charge in [0, 0.05) is 18.5 Å². The highest BCUT2D eigenvalue weighted by molar-refractivity contribution is 7.89. The molecule has 2 aromatic rings. The van der Waals surface area contributed by atoms with E-state index in [1.807, 2.05) is 79.4 Å². The molecule has 0 unspecified atom stereocenters. The van der Waals surface area contributed by atoms with Crippen molar-refractivity contribution < 1.29 is 13.2 Å². The molecule has 1 fully saturated rings. The minimum Gasteiger partial charge on any atom is -0.369 e. The third kappa shape index (κ3) is 4.99. The molecular formula is C22H28N4O3S. The van der Waals surface area contributed by atoms with Crippen molar-refractivity contribution in [1.82, 2.24) is 9.80 Å². The molecule has 1 aliphatic heterocycles. The van der Waals surface area contributed by atoms with E-state index in [1.165, 1.54) is 0 Å². The Morgan fingerprint density at radius 2 is 1.53 bits per heavy atom. The average molecular weight is 429 g/mol. The van der Waals surface area contributed by atoms with Crippen LogP contribution in [0.25, 0.3) is 0 Å². The molecule has 0 spiro atoms. The molecule has 7 nitrogen and oxygen atoms in total. The van der Waals surface area contributed by atoms with Gasteiger partial charge in [0.2, 0.25) is 11.9 Å². The number of hydrogen-bond donors (Lipinski definition) is 1. The first-order chi connectivity index (χ1) is 14.2. The van der Waals surface area contributed by atoms with Crippen LogP contribution in [-0.4, -0.2) is 61.5 Å². The summed E-state index contributed by atoms with van der Waals surface area (Å²) in [5.74, 6) is -0.390. The van der Waals surface area contributed by atoms with Gasteiger partial charge in [-0.3, -0.25) is 4.79 Å². The van der Waals surface area contributed by atoms with Gasteiger partial charge in [-0.2, -0.15) is 0 Å². The first kappa shape index (κ1) is 21.8. The molecule has 1 aliphatic rings. The lowest BCUT2D eigenvalue weighted by atomic mass is 9.83. The van der Waals surface area contributed by atoms with Crippen LogP contribution in [0.3, 0.4) is 0 Å². The molecule has 0 radical (unpaired) electrons. The molecule has 1 heterocycles. The van der Waals surface area contributed by atoms with E-state index in [4.69, 9.17) is 5.73 Å². The highest BCUT2D eigenvalue weighted by atomic mass is 32.2. The predicted molar refractivity (Wildman–Crippen MR) is 119 cm³/mol. The van der Waals surface area contributed by atoms with Gasteiger partial charge in [0.05, 0.1) is 12.3 Å². The maximum atomic E-state index is 12.8. The van der Waals surface area contributed by atoms with Crippen LogP contribution in [0.1, 0.15) is 30.9 Å². The van der Waals surface area contributed by atoms with Crippen LogP contribution in [0.5, 0.6) is 0 Å². The number of hydrogen-bond acceptors (Lipinski definition) is 3. The quantitative estimate of drug-likeness (QED) is 0.581. The molecule has 8 heteroatoms. The number of carbonyl (C=O) groups is 1. The van der Waals surface area contributed by atoms with Crippen LogP contribution in [0, 0.1) is 0 Å². The molecule has 1 saturated heterocycles. The lowest BCUT2D eigenvalue weighted by Crippen LogP contribution is -2.62. The molecular weight excluding hydrogens is 400 g/mol. The molecule has 0 aromatic heterocycles. The summed E-state index contributed by atoms with van der Waals surface area (Å²) in [6.07, 6.45) is 0.993. The summed E-state index contributed by atoms with van der Waals surface area (Å²) in [7, 11) is -3.70. The van der Waals surface area contributed by atoms with Crippen LogP contribution < -0.4 is 5.73 Å². The maximum absolute atomic E-state index is 12.8. The van der Waals surface area contributed by atoms with Crippen LogP contribution >= 0.6 is 0 Å². The van der Waals surface area contributed by atoms with Crippen LogP contribution in [0.2, 0.25) is 0 Å². The minimum atomic E-state index is -3.70. The standard InChI is InChI=1S/C22H28N4O3S/c1-16(2)25-14-19(26(15-20(25)27)22(23)24-30(3,28)29)21(17-10-6-4-7-11-17)18-12-8-5-9-13-18/h4-13,16,19,21H,14-15H2,1-3H3,(H2,23,24)/t19-/m1/s1. The highest BCUT2D eigenvalue weighted by Crippen LogP contribution is 2.33. The third-order valence-electron chi connectivity index (χ3n) is 5.29. The number of guanidine groups is 1. The van der Waals surface area contributed by atoms with Gasteiger partial charge in [-0.05, 0) is 25.0 Å². The monoisotopic (exact) mass is 428 g/mol. The molecule has 0 aliphatic carbocycles. The number of nitrogens with two attached hydrogens (primary N) is 1. The second-order valence-electron chi connectivity index (χ2n) is 7.82. The largest absolute Gasteiger partial charge is 0.369 e.